The Balaban J connectivity index is 0.00000166. The maximum Gasteiger partial charge on any atom is 0.160 e. The van der Waals surface area contributed by atoms with Gasteiger partial charge in [-0.2, -0.15) is 0 Å². The fourth-order valence-corrected chi connectivity index (χ4v) is 3.53. The highest BCUT2D eigenvalue weighted by molar-refractivity contribution is 6.21. The number of benzene rings is 3. The van der Waals surface area contributed by atoms with E-state index < -0.39 is 0 Å². The van der Waals surface area contributed by atoms with Gasteiger partial charge in [0.2, 0.25) is 0 Å². The van der Waals surface area contributed by atoms with Gasteiger partial charge in [-0.05, 0) is 65.3 Å². The van der Waals surface area contributed by atoms with Gasteiger partial charge in [0.15, 0.2) is 5.78 Å². The number of aliphatic hydroxyl groups excluding tert-OH is 1. The number of hydrogen-bond acceptors (Lipinski definition) is 2. The third-order valence-electron chi connectivity index (χ3n) is 5.21. The molecule has 0 saturated carbocycles. The molecule has 3 aromatic carbocycles. The van der Waals surface area contributed by atoms with Gasteiger partial charge in [-0.1, -0.05) is 92.7 Å². The lowest BCUT2D eigenvalue weighted by Gasteiger charge is -2.10. The molecule has 0 fully saturated rings. The van der Waals surface area contributed by atoms with Crippen LogP contribution in [0.1, 0.15) is 42.5 Å². The molecule has 160 valence electrons. The standard InChI is InChI=1S/C28H28O.CH4O/c1-5-8-23-11-13-25(14-12-23)26-17-15-24(16-18-26)21(3)19-28(22(4)29)27-10-7-6-9-20(27)2;1-2/h6-7,9-19H,3,5,8H2,1-2,4H3;2H,1H3/b28-19-;. The van der Waals surface area contributed by atoms with Crippen molar-refractivity contribution < 1.29 is 9.90 Å². The van der Waals surface area contributed by atoms with E-state index in [1.54, 1.807) is 6.92 Å². The number of carbonyl (C=O) groups excluding carboxylic acids is 1. The van der Waals surface area contributed by atoms with Crippen LogP contribution in [-0.4, -0.2) is 18.0 Å². The van der Waals surface area contributed by atoms with Gasteiger partial charge in [-0.25, -0.2) is 0 Å². The average molecular weight is 413 g/mol. The number of carbonyl (C=O) groups is 1. The lowest BCUT2D eigenvalue weighted by Crippen LogP contribution is -1.99. The van der Waals surface area contributed by atoms with Crippen molar-refractivity contribution in [1.82, 2.24) is 0 Å². The fourth-order valence-electron chi connectivity index (χ4n) is 3.53. The van der Waals surface area contributed by atoms with Crippen LogP contribution in [0.2, 0.25) is 0 Å². The minimum Gasteiger partial charge on any atom is -0.400 e. The van der Waals surface area contributed by atoms with Gasteiger partial charge in [0, 0.05) is 12.7 Å². The summed E-state index contributed by atoms with van der Waals surface area (Å²) in [6.45, 7) is 10.0. The van der Waals surface area contributed by atoms with Crippen LogP contribution in [0.15, 0.2) is 85.5 Å². The lowest BCUT2D eigenvalue weighted by atomic mass is 9.94. The van der Waals surface area contributed by atoms with Gasteiger partial charge in [0.25, 0.3) is 0 Å². The summed E-state index contributed by atoms with van der Waals surface area (Å²) in [6.07, 6.45) is 4.18. The number of rotatable bonds is 7. The van der Waals surface area contributed by atoms with Crippen molar-refractivity contribution in [2.75, 3.05) is 7.11 Å². The Morgan fingerprint density at radius 1 is 0.903 bits per heavy atom. The zero-order chi connectivity index (χ0) is 22.8. The first-order valence-corrected chi connectivity index (χ1v) is 10.6. The Hall–Kier alpha value is -3.23. The van der Waals surface area contributed by atoms with Crippen molar-refractivity contribution in [3.63, 3.8) is 0 Å². The molecule has 0 aromatic heterocycles. The predicted molar refractivity (Wildman–Crippen MR) is 133 cm³/mol. The number of aryl methyl sites for hydroxylation is 2. The second kappa shape index (κ2) is 11.8. The molecule has 0 atom stereocenters. The van der Waals surface area contributed by atoms with E-state index in [1.807, 2.05) is 37.3 Å². The van der Waals surface area contributed by atoms with Crippen molar-refractivity contribution in [3.8, 4) is 11.1 Å². The first-order chi connectivity index (χ1) is 15.0. The van der Waals surface area contributed by atoms with Gasteiger partial charge >= 0.3 is 0 Å². The van der Waals surface area contributed by atoms with Crippen molar-refractivity contribution in [1.29, 1.82) is 0 Å². The zero-order valence-corrected chi connectivity index (χ0v) is 19.0. The molecule has 0 aliphatic carbocycles. The molecular formula is C29H32O2. The van der Waals surface area contributed by atoms with Crippen LogP contribution in [0.3, 0.4) is 0 Å². The van der Waals surface area contributed by atoms with Crippen LogP contribution >= 0.6 is 0 Å². The van der Waals surface area contributed by atoms with E-state index in [1.165, 1.54) is 16.7 Å². The second-order valence-electron chi connectivity index (χ2n) is 7.48. The molecule has 2 nitrogen and oxygen atoms in total. The number of ketones is 1. The molecule has 0 unspecified atom stereocenters. The van der Waals surface area contributed by atoms with Crippen LogP contribution in [0.25, 0.3) is 22.3 Å². The largest absolute Gasteiger partial charge is 0.400 e. The number of allylic oxidation sites excluding steroid dienone is 3. The molecule has 1 N–H and O–H groups in total. The smallest absolute Gasteiger partial charge is 0.160 e. The van der Waals surface area contributed by atoms with Crippen molar-refractivity contribution in [2.24, 2.45) is 0 Å². The van der Waals surface area contributed by atoms with Gasteiger partial charge in [-0.15, -0.1) is 0 Å². The minimum absolute atomic E-state index is 0.0456. The highest BCUT2D eigenvalue weighted by Crippen LogP contribution is 2.27. The van der Waals surface area contributed by atoms with E-state index in [-0.39, 0.29) is 5.78 Å². The molecule has 3 aromatic rings. The second-order valence-corrected chi connectivity index (χ2v) is 7.48. The Morgan fingerprint density at radius 2 is 1.45 bits per heavy atom. The molecular weight excluding hydrogens is 380 g/mol. The molecule has 0 spiro atoms. The molecule has 31 heavy (non-hydrogen) atoms. The Bertz CT molecular complexity index is 1040. The third kappa shape index (κ3) is 6.37. The van der Waals surface area contributed by atoms with E-state index in [0.29, 0.717) is 5.57 Å². The first kappa shape index (κ1) is 24.0. The summed E-state index contributed by atoms with van der Waals surface area (Å²) in [5.41, 5.74) is 8.37. The topological polar surface area (TPSA) is 37.3 Å². The molecule has 0 aliphatic rings. The number of aliphatic hydroxyl groups is 1. The van der Waals surface area contributed by atoms with Gasteiger partial charge < -0.3 is 5.11 Å². The van der Waals surface area contributed by atoms with E-state index in [2.05, 4.69) is 62.0 Å². The van der Waals surface area contributed by atoms with Crippen LogP contribution in [0.5, 0.6) is 0 Å². The van der Waals surface area contributed by atoms with Crippen molar-refractivity contribution >= 4 is 16.9 Å². The predicted octanol–water partition coefficient (Wildman–Crippen LogP) is 6.91. The molecule has 0 bridgehead atoms. The highest BCUT2D eigenvalue weighted by Gasteiger charge is 2.11. The molecule has 3 rings (SSSR count). The van der Waals surface area contributed by atoms with Crippen LogP contribution in [-0.2, 0) is 11.2 Å². The van der Waals surface area contributed by atoms with Crippen LogP contribution in [0, 0.1) is 6.92 Å². The number of Topliss-reactive ketones (excluding diaryl/α,β-unsaturated/α-hetero) is 1. The van der Waals surface area contributed by atoms with Crippen LogP contribution in [0.4, 0.5) is 0 Å². The molecule has 0 aliphatic heterocycles. The molecule has 2 heteroatoms. The summed E-state index contributed by atoms with van der Waals surface area (Å²) in [6, 6.07) is 25.1. The van der Waals surface area contributed by atoms with Gasteiger partial charge in [-0.3, -0.25) is 4.79 Å². The maximum absolute atomic E-state index is 12.3. The normalized spacial score (nSPS) is 10.8. The van der Waals surface area contributed by atoms with Gasteiger partial charge in [0.05, 0.1) is 0 Å². The average Bonchev–Trinajstić information content (AvgIpc) is 2.80. The highest BCUT2D eigenvalue weighted by atomic mass is 16.2. The van der Waals surface area contributed by atoms with Crippen molar-refractivity contribution in [3.05, 3.63) is 108 Å². The Morgan fingerprint density at radius 3 is 1.97 bits per heavy atom. The third-order valence-corrected chi connectivity index (χ3v) is 5.21. The molecule has 0 radical (unpaired) electrons. The maximum atomic E-state index is 12.3. The summed E-state index contributed by atoms with van der Waals surface area (Å²) in [4.78, 5) is 12.3. The summed E-state index contributed by atoms with van der Waals surface area (Å²) >= 11 is 0. The van der Waals surface area contributed by atoms with E-state index in [9.17, 15) is 4.79 Å². The SMILES string of the molecule is C=C(/C=C(/C(C)=O)c1ccccc1C)c1ccc(-c2ccc(CCC)cc2)cc1.CO. The molecule has 0 heterocycles. The monoisotopic (exact) mass is 412 g/mol. The van der Waals surface area contributed by atoms with Crippen molar-refractivity contribution in [2.45, 2.75) is 33.6 Å². The van der Waals surface area contributed by atoms with E-state index >= 15 is 0 Å². The Labute approximate surface area is 186 Å². The molecule has 0 saturated heterocycles. The van der Waals surface area contributed by atoms with Gasteiger partial charge in [0.1, 0.15) is 0 Å². The zero-order valence-electron chi connectivity index (χ0n) is 19.0. The lowest BCUT2D eigenvalue weighted by molar-refractivity contribution is -0.111. The minimum atomic E-state index is 0.0456. The molecule has 0 amide bonds. The quantitative estimate of drug-likeness (QED) is 0.338. The Kier molecular flexibility index (Phi) is 9.17. The van der Waals surface area contributed by atoms with E-state index in [0.717, 1.165) is 42.2 Å². The summed E-state index contributed by atoms with van der Waals surface area (Å²) < 4.78 is 0. The first-order valence-electron chi connectivity index (χ1n) is 10.6. The fraction of sp³-hybridized carbons (Fsp3) is 0.207. The summed E-state index contributed by atoms with van der Waals surface area (Å²) in [5, 5.41) is 7.00. The summed E-state index contributed by atoms with van der Waals surface area (Å²) in [5.74, 6) is 0.0456. The summed E-state index contributed by atoms with van der Waals surface area (Å²) in [7, 11) is 1.00. The number of hydrogen-bond donors (Lipinski definition) is 1. The van der Waals surface area contributed by atoms with E-state index in [4.69, 9.17) is 5.11 Å². The van der Waals surface area contributed by atoms with Crippen LogP contribution < -0.4 is 0 Å².